The molecule has 0 bridgehead atoms. The molecule has 0 spiro atoms. The lowest BCUT2D eigenvalue weighted by molar-refractivity contribution is -0.0292. The van der Waals surface area contributed by atoms with Gasteiger partial charge < -0.3 is 4.84 Å². The zero-order chi connectivity index (χ0) is 11.5. The standard InChI is InChI=1S/C7H9N3O4S/c1-10(15(2,12)13)14-7(11)6-3-8-5-9-4-6/h3-5H,1-2H3. The molecule has 0 aliphatic rings. The van der Waals surface area contributed by atoms with Crippen LogP contribution in [0.4, 0.5) is 0 Å². The van der Waals surface area contributed by atoms with Crippen LogP contribution in [-0.4, -0.2) is 42.1 Å². The van der Waals surface area contributed by atoms with E-state index >= 15 is 0 Å². The van der Waals surface area contributed by atoms with Crippen molar-refractivity contribution in [3.63, 3.8) is 0 Å². The second-order valence-electron chi connectivity index (χ2n) is 2.68. The number of aromatic nitrogens is 2. The van der Waals surface area contributed by atoms with Crippen molar-refractivity contribution in [2.75, 3.05) is 13.3 Å². The highest BCUT2D eigenvalue weighted by Gasteiger charge is 2.17. The van der Waals surface area contributed by atoms with Crippen molar-refractivity contribution in [2.24, 2.45) is 0 Å². The largest absolute Gasteiger partial charge is 0.361 e. The zero-order valence-corrected chi connectivity index (χ0v) is 8.93. The van der Waals surface area contributed by atoms with Gasteiger partial charge in [-0.3, -0.25) is 0 Å². The minimum atomic E-state index is -3.56. The predicted molar refractivity (Wildman–Crippen MR) is 50.1 cm³/mol. The van der Waals surface area contributed by atoms with Crippen LogP contribution in [0.1, 0.15) is 10.4 Å². The van der Waals surface area contributed by atoms with Crippen molar-refractivity contribution in [1.82, 2.24) is 14.4 Å². The van der Waals surface area contributed by atoms with E-state index in [0.29, 0.717) is 4.47 Å². The van der Waals surface area contributed by atoms with Gasteiger partial charge >= 0.3 is 5.97 Å². The lowest BCUT2D eigenvalue weighted by Gasteiger charge is -2.12. The molecule has 0 saturated heterocycles. The van der Waals surface area contributed by atoms with Crippen molar-refractivity contribution in [2.45, 2.75) is 0 Å². The van der Waals surface area contributed by atoms with Gasteiger partial charge in [0.25, 0.3) is 0 Å². The molecule has 8 heteroatoms. The van der Waals surface area contributed by atoms with Crippen LogP contribution in [0.5, 0.6) is 0 Å². The van der Waals surface area contributed by atoms with E-state index in [1.807, 2.05) is 0 Å². The van der Waals surface area contributed by atoms with Crippen LogP contribution in [-0.2, 0) is 14.9 Å². The van der Waals surface area contributed by atoms with Crippen molar-refractivity contribution in [3.05, 3.63) is 24.3 Å². The van der Waals surface area contributed by atoms with Crippen molar-refractivity contribution < 1.29 is 18.0 Å². The van der Waals surface area contributed by atoms with Crippen LogP contribution in [0.3, 0.4) is 0 Å². The minimum Gasteiger partial charge on any atom is -0.349 e. The SMILES string of the molecule is CN(OC(=O)c1cncnc1)S(C)(=O)=O. The molecule has 7 nitrogen and oxygen atoms in total. The Morgan fingerprint density at radius 3 is 2.40 bits per heavy atom. The molecule has 1 aromatic rings. The van der Waals surface area contributed by atoms with Crippen LogP contribution in [0.2, 0.25) is 0 Å². The number of rotatable bonds is 3. The third kappa shape index (κ3) is 3.26. The summed E-state index contributed by atoms with van der Waals surface area (Å²) in [6.07, 6.45) is 4.62. The second-order valence-corrected chi connectivity index (χ2v) is 4.66. The van der Waals surface area contributed by atoms with Gasteiger partial charge in [-0.15, -0.1) is 0 Å². The van der Waals surface area contributed by atoms with E-state index in [9.17, 15) is 13.2 Å². The Labute approximate surface area is 86.7 Å². The van der Waals surface area contributed by atoms with Gasteiger partial charge in [0.15, 0.2) is 0 Å². The molecule has 0 unspecified atom stereocenters. The van der Waals surface area contributed by atoms with Gasteiger partial charge in [-0.25, -0.2) is 23.2 Å². The number of carbonyl (C=O) groups is 1. The molecule has 0 atom stereocenters. The lowest BCUT2D eigenvalue weighted by Crippen LogP contribution is -2.28. The Morgan fingerprint density at radius 2 is 1.93 bits per heavy atom. The summed E-state index contributed by atoms with van der Waals surface area (Å²) >= 11 is 0. The summed E-state index contributed by atoms with van der Waals surface area (Å²) in [5.74, 6) is -0.830. The molecular weight excluding hydrogens is 222 g/mol. The summed E-state index contributed by atoms with van der Waals surface area (Å²) in [7, 11) is -2.43. The highest BCUT2D eigenvalue weighted by molar-refractivity contribution is 7.88. The summed E-state index contributed by atoms with van der Waals surface area (Å²) in [5.41, 5.74) is 0.0769. The van der Waals surface area contributed by atoms with Crippen LogP contribution in [0.15, 0.2) is 18.7 Å². The first-order valence-corrected chi connectivity index (χ1v) is 5.67. The second kappa shape index (κ2) is 4.32. The zero-order valence-electron chi connectivity index (χ0n) is 8.11. The number of carbonyl (C=O) groups excluding carboxylic acids is 1. The van der Waals surface area contributed by atoms with Crippen LogP contribution in [0.25, 0.3) is 0 Å². The summed E-state index contributed by atoms with van der Waals surface area (Å²) in [5, 5.41) is 0. The molecule has 0 aliphatic heterocycles. The summed E-state index contributed by atoms with van der Waals surface area (Å²) < 4.78 is 22.3. The molecule has 0 aliphatic carbocycles. The van der Waals surface area contributed by atoms with E-state index in [0.717, 1.165) is 13.3 Å². The van der Waals surface area contributed by atoms with Crippen molar-refractivity contribution >= 4 is 16.0 Å². The fourth-order valence-electron chi connectivity index (χ4n) is 0.642. The van der Waals surface area contributed by atoms with E-state index < -0.39 is 16.0 Å². The Kier molecular flexibility index (Phi) is 3.32. The summed E-state index contributed by atoms with van der Waals surface area (Å²) in [4.78, 5) is 23.0. The Bertz CT molecular complexity index is 445. The minimum absolute atomic E-state index is 0.0769. The molecule has 1 rings (SSSR count). The fraction of sp³-hybridized carbons (Fsp3) is 0.286. The molecule has 0 N–H and O–H groups in total. The molecule has 0 saturated carbocycles. The molecule has 0 aromatic carbocycles. The van der Waals surface area contributed by atoms with E-state index in [2.05, 4.69) is 14.8 Å². The van der Waals surface area contributed by atoms with Gasteiger partial charge in [0.1, 0.15) is 6.33 Å². The molecule has 0 amide bonds. The lowest BCUT2D eigenvalue weighted by atomic mass is 10.4. The molecule has 1 aromatic heterocycles. The number of hydrogen-bond donors (Lipinski definition) is 0. The Hall–Kier alpha value is -1.54. The first-order valence-electron chi connectivity index (χ1n) is 3.82. The van der Waals surface area contributed by atoms with E-state index in [1.54, 1.807) is 0 Å². The average molecular weight is 231 g/mol. The molecule has 0 radical (unpaired) electrons. The van der Waals surface area contributed by atoms with Gasteiger partial charge in [0, 0.05) is 19.4 Å². The number of sulfonamides is 1. The van der Waals surface area contributed by atoms with E-state index in [1.165, 1.54) is 18.7 Å². The normalized spacial score (nSPS) is 11.4. The summed E-state index contributed by atoms with van der Waals surface area (Å²) in [6.45, 7) is 0. The molecule has 15 heavy (non-hydrogen) atoms. The number of nitrogens with zero attached hydrogens (tertiary/aromatic N) is 3. The topological polar surface area (TPSA) is 89.5 Å². The third-order valence-corrected chi connectivity index (χ3v) is 2.48. The highest BCUT2D eigenvalue weighted by atomic mass is 32.2. The average Bonchev–Trinajstić information content (AvgIpc) is 2.17. The van der Waals surface area contributed by atoms with Crippen molar-refractivity contribution in [1.29, 1.82) is 0 Å². The first kappa shape index (κ1) is 11.5. The summed E-state index contributed by atoms with van der Waals surface area (Å²) in [6, 6.07) is 0. The van der Waals surface area contributed by atoms with Crippen LogP contribution < -0.4 is 0 Å². The van der Waals surface area contributed by atoms with Crippen molar-refractivity contribution in [3.8, 4) is 0 Å². The Morgan fingerprint density at radius 1 is 1.40 bits per heavy atom. The molecule has 82 valence electrons. The predicted octanol–water partition coefficient (Wildman–Crippen LogP) is -0.560. The maximum atomic E-state index is 11.3. The third-order valence-electron chi connectivity index (χ3n) is 1.47. The smallest absolute Gasteiger partial charge is 0.349 e. The number of hydroxylamine groups is 1. The monoisotopic (exact) mass is 231 g/mol. The van der Waals surface area contributed by atoms with Crippen LogP contribution in [0, 0.1) is 0 Å². The van der Waals surface area contributed by atoms with Gasteiger partial charge in [-0.2, -0.15) is 0 Å². The molecule has 1 heterocycles. The van der Waals surface area contributed by atoms with Crippen LogP contribution >= 0.6 is 0 Å². The maximum absolute atomic E-state index is 11.3. The van der Waals surface area contributed by atoms with Gasteiger partial charge in [-0.05, 0) is 4.47 Å². The Balaban J connectivity index is 2.74. The van der Waals surface area contributed by atoms with E-state index in [4.69, 9.17) is 0 Å². The first-order chi connectivity index (χ1) is 6.91. The van der Waals surface area contributed by atoms with E-state index in [-0.39, 0.29) is 5.56 Å². The maximum Gasteiger partial charge on any atom is 0.361 e. The fourth-order valence-corrected chi connectivity index (χ4v) is 0.845. The van der Waals surface area contributed by atoms with Gasteiger partial charge in [0.05, 0.1) is 11.8 Å². The quantitative estimate of drug-likeness (QED) is 0.648. The molecular formula is C7H9N3O4S. The number of hydrogen-bond acceptors (Lipinski definition) is 6. The highest BCUT2D eigenvalue weighted by Crippen LogP contribution is 2.01. The van der Waals surface area contributed by atoms with Gasteiger partial charge in [0.2, 0.25) is 10.0 Å². The molecule has 0 fully saturated rings. The van der Waals surface area contributed by atoms with Gasteiger partial charge in [-0.1, -0.05) is 0 Å².